The van der Waals surface area contributed by atoms with Crippen molar-refractivity contribution in [1.29, 1.82) is 0 Å². The first-order valence-corrected chi connectivity index (χ1v) is 5.87. The highest BCUT2D eigenvalue weighted by Gasteiger charge is 2.30. The Morgan fingerprint density at radius 2 is 1.84 bits per heavy atom. The topological polar surface area (TPSA) is 43.8 Å². The molecule has 1 heterocycles. The minimum Gasteiger partial charge on any atom is -0.320 e. The molecule has 0 fully saturated rings. The smallest absolute Gasteiger partial charge is 0.320 e. The first-order chi connectivity index (χ1) is 8.91. The van der Waals surface area contributed by atoms with Crippen LogP contribution in [-0.4, -0.2) is 9.78 Å². The second-order valence-electron chi connectivity index (χ2n) is 4.23. The standard InChI is InChI=1S/C13H14F3N3/c1-2-19-8-10(7-18-19)12(17)9-3-5-11(6-4-9)13(14,15)16/h3-8,12H,2,17H2,1H3. The lowest BCUT2D eigenvalue weighted by molar-refractivity contribution is -0.137. The first kappa shape index (κ1) is 13.6. The monoisotopic (exact) mass is 269 g/mol. The van der Waals surface area contributed by atoms with Gasteiger partial charge in [-0.15, -0.1) is 0 Å². The molecule has 0 saturated heterocycles. The van der Waals surface area contributed by atoms with Gasteiger partial charge in [0, 0.05) is 18.3 Å². The fourth-order valence-corrected chi connectivity index (χ4v) is 1.78. The van der Waals surface area contributed by atoms with Gasteiger partial charge in [0.2, 0.25) is 0 Å². The fourth-order valence-electron chi connectivity index (χ4n) is 1.78. The molecule has 2 N–H and O–H groups in total. The van der Waals surface area contributed by atoms with E-state index in [-0.39, 0.29) is 0 Å². The average molecular weight is 269 g/mol. The summed E-state index contributed by atoms with van der Waals surface area (Å²) < 4.78 is 39.1. The van der Waals surface area contributed by atoms with E-state index in [1.807, 2.05) is 6.92 Å². The van der Waals surface area contributed by atoms with Crippen LogP contribution in [0.3, 0.4) is 0 Å². The highest BCUT2D eigenvalue weighted by molar-refractivity contribution is 5.32. The molecule has 102 valence electrons. The zero-order chi connectivity index (χ0) is 14.0. The van der Waals surface area contributed by atoms with Gasteiger partial charge in [-0.3, -0.25) is 4.68 Å². The number of aromatic nitrogens is 2. The van der Waals surface area contributed by atoms with Crippen molar-refractivity contribution in [3.8, 4) is 0 Å². The summed E-state index contributed by atoms with van der Waals surface area (Å²) in [5.41, 5.74) is 6.74. The predicted octanol–water partition coefficient (Wildman–Crippen LogP) is 2.97. The third kappa shape index (κ3) is 2.96. The van der Waals surface area contributed by atoms with Crippen molar-refractivity contribution in [3.05, 3.63) is 53.3 Å². The summed E-state index contributed by atoms with van der Waals surface area (Å²) in [6.07, 6.45) is -0.899. The van der Waals surface area contributed by atoms with Crippen molar-refractivity contribution < 1.29 is 13.2 Å². The van der Waals surface area contributed by atoms with E-state index in [1.165, 1.54) is 12.1 Å². The molecular formula is C13H14F3N3. The van der Waals surface area contributed by atoms with Crippen molar-refractivity contribution in [2.45, 2.75) is 25.7 Å². The summed E-state index contributed by atoms with van der Waals surface area (Å²) in [5, 5.41) is 4.09. The minimum absolute atomic E-state index is 0.470. The minimum atomic E-state index is -4.32. The van der Waals surface area contributed by atoms with Gasteiger partial charge >= 0.3 is 6.18 Å². The second kappa shape index (κ2) is 5.05. The number of hydrogen-bond acceptors (Lipinski definition) is 2. The van der Waals surface area contributed by atoms with Crippen LogP contribution in [0.15, 0.2) is 36.7 Å². The highest BCUT2D eigenvalue weighted by Crippen LogP contribution is 2.30. The van der Waals surface area contributed by atoms with Gasteiger partial charge in [0.15, 0.2) is 0 Å². The van der Waals surface area contributed by atoms with E-state index in [2.05, 4.69) is 5.10 Å². The third-order valence-electron chi connectivity index (χ3n) is 2.93. The van der Waals surface area contributed by atoms with Crippen molar-refractivity contribution in [1.82, 2.24) is 9.78 Å². The van der Waals surface area contributed by atoms with Gasteiger partial charge in [0.1, 0.15) is 0 Å². The van der Waals surface area contributed by atoms with E-state index >= 15 is 0 Å². The Morgan fingerprint density at radius 1 is 1.21 bits per heavy atom. The molecule has 0 aliphatic rings. The van der Waals surface area contributed by atoms with Crippen LogP contribution < -0.4 is 5.73 Å². The number of nitrogens with two attached hydrogens (primary N) is 1. The lowest BCUT2D eigenvalue weighted by Gasteiger charge is -2.12. The van der Waals surface area contributed by atoms with Crippen LogP contribution in [0.1, 0.15) is 29.7 Å². The maximum absolute atomic E-state index is 12.4. The summed E-state index contributed by atoms with van der Waals surface area (Å²) in [4.78, 5) is 0. The number of nitrogens with zero attached hydrogens (tertiary/aromatic N) is 2. The molecule has 0 radical (unpaired) electrons. The summed E-state index contributed by atoms with van der Waals surface area (Å²) in [6.45, 7) is 2.67. The van der Waals surface area contributed by atoms with E-state index in [1.54, 1.807) is 17.1 Å². The maximum atomic E-state index is 12.4. The molecule has 2 rings (SSSR count). The summed E-state index contributed by atoms with van der Waals surface area (Å²) in [5.74, 6) is 0. The van der Waals surface area contributed by atoms with Crippen molar-refractivity contribution >= 4 is 0 Å². The van der Waals surface area contributed by atoms with E-state index in [9.17, 15) is 13.2 Å². The van der Waals surface area contributed by atoms with Gasteiger partial charge in [0.05, 0.1) is 17.8 Å². The van der Waals surface area contributed by atoms with Gasteiger partial charge < -0.3 is 5.73 Å². The average Bonchev–Trinajstić information content (AvgIpc) is 2.86. The third-order valence-corrected chi connectivity index (χ3v) is 2.93. The van der Waals surface area contributed by atoms with Crippen molar-refractivity contribution in [2.75, 3.05) is 0 Å². The zero-order valence-corrected chi connectivity index (χ0v) is 10.4. The van der Waals surface area contributed by atoms with Crippen LogP contribution in [0.5, 0.6) is 0 Å². The van der Waals surface area contributed by atoms with Gasteiger partial charge in [-0.1, -0.05) is 12.1 Å². The Morgan fingerprint density at radius 3 is 2.32 bits per heavy atom. The Bertz CT molecular complexity index is 543. The van der Waals surface area contributed by atoms with E-state index < -0.39 is 17.8 Å². The molecule has 0 saturated carbocycles. The normalized spacial score (nSPS) is 13.5. The molecule has 1 aromatic carbocycles. The molecule has 1 unspecified atom stereocenters. The molecule has 0 aliphatic heterocycles. The molecule has 0 spiro atoms. The molecule has 1 aromatic heterocycles. The molecule has 2 aromatic rings. The van der Waals surface area contributed by atoms with Crippen LogP contribution in [0, 0.1) is 0 Å². The van der Waals surface area contributed by atoms with Gasteiger partial charge in [0.25, 0.3) is 0 Å². The second-order valence-corrected chi connectivity index (χ2v) is 4.23. The molecule has 0 bridgehead atoms. The number of aryl methyl sites for hydroxylation is 1. The number of halogens is 3. The van der Waals surface area contributed by atoms with Crippen LogP contribution in [0.4, 0.5) is 13.2 Å². The van der Waals surface area contributed by atoms with Gasteiger partial charge in [-0.2, -0.15) is 18.3 Å². The van der Waals surface area contributed by atoms with Gasteiger partial charge in [-0.05, 0) is 24.6 Å². The van der Waals surface area contributed by atoms with Crippen LogP contribution in [0.25, 0.3) is 0 Å². The fraction of sp³-hybridized carbons (Fsp3) is 0.308. The van der Waals surface area contributed by atoms with E-state index in [0.29, 0.717) is 5.56 Å². The molecule has 0 amide bonds. The first-order valence-electron chi connectivity index (χ1n) is 5.87. The lowest BCUT2D eigenvalue weighted by atomic mass is 10.0. The number of rotatable bonds is 3. The lowest BCUT2D eigenvalue weighted by Crippen LogP contribution is -2.12. The summed E-state index contributed by atoms with van der Waals surface area (Å²) in [6, 6.07) is 4.41. The Hall–Kier alpha value is -1.82. The zero-order valence-electron chi connectivity index (χ0n) is 10.4. The Labute approximate surface area is 108 Å². The van der Waals surface area contributed by atoms with Crippen LogP contribution >= 0.6 is 0 Å². The number of hydrogen-bond donors (Lipinski definition) is 1. The van der Waals surface area contributed by atoms with E-state index in [0.717, 1.165) is 24.2 Å². The van der Waals surface area contributed by atoms with Crippen LogP contribution in [0.2, 0.25) is 0 Å². The molecule has 1 atom stereocenters. The summed E-state index contributed by atoms with van der Waals surface area (Å²) >= 11 is 0. The SMILES string of the molecule is CCn1cc(C(N)c2ccc(C(F)(F)F)cc2)cn1. The molecule has 19 heavy (non-hydrogen) atoms. The van der Waals surface area contributed by atoms with Crippen molar-refractivity contribution in [3.63, 3.8) is 0 Å². The summed E-state index contributed by atoms with van der Waals surface area (Å²) in [7, 11) is 0. The Kier molecular flexibility index (Phi) is 3.61. The number of alkyl halides is 3. The molecular weight excluding hydrogens is 255 g/mol. The highest BCUT2D eigenvalue weighted by atomic mass is 19.4. The maximum Gasteiger partial charge on any atom is 0.416 e. The quantitative estimate of drug-likeness (QED) is 0.931. The molecule has 6 heteroatoms. The predicted molar refractivity (Wildman–Crippen MR) is 65.4 cm³/mol. The van der Waals surface area contributed by atoms with E-state index in [4.69, 9.17) is 5.73 Å². The van der Waals surface area contributed by atoms with Crippen LogP contribution in [-0.2, 0) is 12.7 Å². The molecule has 3 nitrogen and oxygen atoms in total. The Balaban J connectivity index is 2.22. The molecule has 0 aliphatic carbocycles. The van der Waals surface area contributed by atoms with Crippen molar-refractivity contribution in [2.24, 2.45) is 5.73 Å². The van der Waals surface area contributed by atoms with Gasteiger partial charge in [-0.25, -0.2) is 0 Å². The largest absolute Gasteiger partial charge is 0.416 e. The number of benzene rings is 1.